The van der Waals surface area contributed by atoms with E-state index in [1.165, 1.54) is 10.9 Å². The van der Waals surface area contributed by atoms with Crippen molar-refractivity contribution in [1.82, 2.24) is 9.78 Å². The van der Waals surface area contributed by atoms with E-state index in [0.29, 0.717) is 11.4 Å². The smallest absolute Gasteiger partial charge is 0.371 e. The van der Waals surface area contributed by atoms with Gasteiger partial charge in [-0.1, -0.05) is 0 Å². The molecule has 0 amide bonds. The van der Waals surface area contributed by atoms with E-state index < -0.39 is 26.8 Å². The minimum Gasteiger partial charge on any atom is -0.475 e. The maximum absolute atomic E-state index is 12.0. The molecule has 0 fully saturated rings. The number of aromatic nitrogens is 2. The Kier molecular flexibility index (Phi) is 3.06. The molecular weight excluding hydrogens is 274 g/mol. The lowest BCUT2D eigenvalue weighted by molar-refractivity contribution is 0.0656. The van der Waals surface area contributed by atoms with Crippen molar-refractivity contribution < 1.29 is 22.7 Å². The highest BCUT2D eigenvalue weighted by atomic mass is 32.2. The summed E-state index contributed by atoms with van der Waals surface area (Å²) in [6.45, 7) is 1.64. The van der Waals surface area contributed by atoms with Crippen LogP contribution in [0.5, 0.6) is 0 Å². The van der Waals surface area contributed by atoms with Crippen LogP contribution in [-0.4, -0.2) is 29.3 Å². The molecule has 0 bridgehead atoms. The van der Waals surface area contributed by atoms with Crippen LogP contribution in [0.3, 0.4) is 0 Å². The molecule has 2 rings (SSSR count). The second kappa shape index (κ2) is 4.43. The van der Waals surface area contributed by atoms with Crippen molar-refractivity contribution in [1.29, 1.82) is 0 Å². The van der Waals surface area contributed by atoms with Crippen molar-refractivity contribution in [2.45, 2.75) is 12.0 Å². The van der Waals surface area contributed by atoms with Crippen LogP contribution in [0.1, 0.15) is 16.2 Å². The fraction of sp³-hybridized carbons (Fsp3) is 0.200. The van der Waals surface area contributed by atoms with Crippen LogP contribution in [-0.2, 0) is 17.1 Å². The van der Waals surface area contributed by atoms with Gasteiger partial charge in [0.05, 0.1) is 11.4 Å². The number of carbonyl (C=O) groups is 1. The van der Waals surface area contributed by atoms with Gasteiger partial charge in [0.15, 0.2) is 0 Å². The topological polar surface area (TPSA) is 114 Å². The number of rotatable bonds is 4. The Morgan fingerprint density at radius 1 is 1.47 bits per heavy atom. The Hall–Kier alpha value is -2.29. The Morgan fingerprint density at radius 3 is 2.63 bits per heavy atom. The minimum absolute atomic E-state index is 0.302. The third-order valence-corrected chi connectivity index (χ3v) is 3.55. The van der Waals surface area contributed by atoms with E-state index in [1.807, 2.05) is 0 Å². The highest BCUT2D eigenvalue weighted by molar-refractivity contribution is 7.92. The summed E-state index contributed by atoms with van der Waals surface area (Å²) in [6, 6.07) is 2.16. The monoisotopic (exact) mass is 285 g/mol. The van der Waals surface area contributed by atoms with E-state index in [9.17, 15) is 13.2 Å². The molecule has 8 nitrogen and oxygen atoms in total. The van der Waals surface area contributed by atoms with E-state index in [2.05, 4.69) is 9.82 Å². The predicted molar refractivity (Wildman–Crippen MR) is 64.4 cm³/mol. The second-order valence-electron chi connectivity index (χ2n) is 3.83. The molecule has 0 spiro atoms. The zero-order valence-corrected chi connectivity index (χ0v) is 10.9. The number of carboxylic acids is 1. The summed E-state index contributed by atoms with van der Waals surface area (Å²) in [7, 11) is -2.32. The molecule has 9 heteroatoms. The second-order valence-corrected chi connectivity index (χ2v) is 5.44. The average Bonchev–Trinajstić information content (AvgIpc) is 2.86. The fourth-order valence-electron chi connectivity index (χ4n) is 1.47. The third-order valence-electron chi connectivity index (χ3n) is 2.31. The maximum Gasteiger partial charge on any atom is 0.371 e. The van der Waals surface area contributed by atoms with Crippen molar-refractivity contribution in [2.24, 2.45) is 7.05 Å². The van der Waals surface area contributed by atoms with Crippen LogP contribution in [0, 0.1) is 6.92 Å². The number of hydrogen-bond donors (Lipinski definition) is 2. The van der Waals surface area contributed by atoms with E-state index in [0.717, 1.165) is 12.1 Å². The summed E-state index contributed by atoms with van der Waals surface area (Å²) in [5.41, 5.74) is 0.798. The normalized spacial score (nSPS) is 11.5. The molecule has 0 aliphatic rings. The summed E-state index contributed by atoms with van der Waals surface area (Å²) in [4.78, 5) is 10.6. The van der Waals surface area contributed by atoms with Crippen LogP contribution in [0.15, 0.2) is 27.8 Å². The highest BCUT2D eigenvalue weighted by Crippen LogP contribution is 2.20. The zero-order valence-electron chi connectivity index (χ0n) is 10.1. The number of furan rings is 1. The fourth-order valence-corrected chi connectivity index (χ4v) is 2.51. The summed E-state index contributed by atoms with van der Waals surface area (Å²) in [5.74, 6) is -1.78. The van der Waals surface area contributed by atoms with Gasteiger partial charge in [0.2, 0.25) is 10.9 Å². The van der Waals surface area contributed by atoms with Gasteiger partial charge in [0.1, 0.15) is 0 Å². The van der Waals surface area contributed by atoms with Gasteiger partial charge >= 0.3 is 5.97 Å². The lowest BCUT2D eigenvalue weighted by atomic mass is 10.4. The molecule has 102 valence electrons. The molecule has 0 aliphatic carbocycles. The van der Waals surface area contributed by atoms with Crippen LogP contribution in [0.25, 0.3) is 0 Å². The standard InChI is InChI=1S/C10H11N3O5S/c1-6-7(5-13(2)11-6)12-19(16,17)9-4-3-8(18-9)10(14)15/h3-5,12H,1-2H3,(H,14,15). The van der Waals surface area contributed by atoms with E-state index in [-0.39, 0.29) is 0 Å². The van der Waals surface area contributed by atoms with Gasteiger partial charge in [-0.05, 0) is 19.1 Å². The zero-order chi connectivity index (χ0) is 14.2. The number of nitrogens with zero attached hydrogens (tertiary/aromatic N) is 2. The number of sulfonamides is 1. The lowest BCUT2D eigenvalue weighted by Crippen LogP contribution is -2.12. The van der Waals surface area contributed by atoms with Crippen LogP contribution >= 0.6 is 0 Å². The van der Waals surface area contributed by atoms with Crippen molar-refractivity contribution >= 4 is 21.7 Å². The molecule has 0 aromatic carbocycles. The molecule has 0 saturated heterocycles. The minimum atomic E-state index is -3.97. The molecule has 0 radical (unpaired) electrons. The first-order valence-electron chi connectivity index (χ1n) is 5.16. The molecule has 0 unspecified atom stereocenters. The predicted octanol–water partition coefficient (Wildman–Crippen LogP) is 0.821. The number of aromatic carboxylic acids is 1. The quantitative estimate of drug-likeness (QED) is 0.859. The van der Waals surface area contributed by atoms with E-state index in [4.69, 9.17) is 9.52 Å². The average molecular weight is 285 g/mol. The Morgan fingerprint density at radius 2 is 2.16 bits per heavy atom. The molecule has 2 N–H and O–H groups in total. The summed E-state index contributed by atoms with van der Waals surface area (Å²) in [6.07, 6.45) is 1.49. The lowest BCUT2D eigenvalue weighted by Gasteiger charge is -2.03. The van der Waals surface area contributed by atoms with Crippen LogP contribution < -0.4 is 4.72 Å². The molecule has 2 heterocycles. The van der Waals surface area contributed by atoms with Crippen molar-refractivity contribution in [3.05, 3.63) is 29.8 Å². The Balaban J connectivity index is 2.32. The largest absolute Gasteiger partial charge is 0.475 e. The number of aryl methyl sites for hydroxylation is 2. The van der Waals surface area contributed by atoms with E-state index >= 15 is 0 Å². The van der Waals surface area contributed by atoms with Crippen molar-refractivity contribution in [3.63, 3.8) is 0 Å². The number of anilines is 1. The van der Waals surface area contributed by atoms with Gasteiger partial charge in [-0.15, -0.1) is 0 Å². The first kappa shape index (κ1) is 13.1. The van der Waals surface area contributed by atoms with Gasteiger partial charge < -0.3 is 9.52 Å². The van der Waals surface area contributed by atoms with Gasteiger partial charge in [0.25, 0.3) is 10.0 Å². The Labute approximate surface area is 108 Å². The van der Waals surface area contributed by atoms with Gasteiger partial charge in [-0.25, -0.2) is 4.79 Å². The summed E-state index contributed by atoms with van der Waals surface area (Å²) in [5, 5.41) is 12.2. The first-order valence-corrected chi connectivity index (χ1v) is 6.64. The van der Waals surface area contributed by atoms with Crippen LogP contribution in [0.4, 0.5) is 5.69 Å². The van der Waals surface area contributed by atoms with Gasteiger partial charge in [-0.2, -0.15) is 13.5 Å². The first-order chi connectivity index (χ1) is 8.79. The summed E-state index contributed by atoms with van der Waals surface area (Å²) >= 11 is 0. The number of carboxylic acid groups (broad SMARTS) is 1. The molecular formula is C10H11N3O5S. The Bertz CT molecular complexity index is 728. The highest BCUT2D eigenvalue weighted by Gasteiger charge is 2.22. The third kappa shape index (κ3) is 2.60. The van der Waals surface area contributed by atoms with E-state index in [1.54, 1.807) is 14.0 Å². The SMILES string of the molecule is Cc1nn(C)cc1NS(=O)(=O)c1ccc(C(=O)O)o1. The molecule has 0 saturated carbocycles. The van der Waals surface area contributed by atoms with Crippen molar-refractivity contribution in [3.8, 4) is 0 Å². The summed E-state index contributed by atoms with van der Waals surface area (Å²) < 4.78 is 32.4. The number of nitrogens with one attached hydrogen (secondary N) is 1. The molecule has 0 atom stereocenters. The van der Waals surface area contributed by atoms with Crippen molar-refractivity contribution in [2.75, 3.05) is 4.72 Å². The molecule has 0 aliphatic heterocycles. The molecule has 2 aromatic rings. The maximum atomic E-state index is 12.0. The number of hydrogen-bond acceptors (Lipinski definition) is 5. The van der Waals surface area contributed by atoms with Crippen LogP contribution in [0.2, 0.25) is 0 Å². The van der Waals surface area contributed by atoms with Gasteiger partial charge in [-0.3, -0.25) is 9.40 Å². The molecule has 19 heavy (non-hydrogen) atoms. The van der Waals surface area contributed by atoms with Gasteiger partial charge in [0, 0.05) is 13.2 Å². The molecule has 2 aromatic heterocycles.